The summed E-state index contributed by atoms with van der Waals surface area (Å²) in [5, 5.41) is 17.7. The van der Waals surface area contributed by atoms with E-state index in [1.54, 1.807) is 6.92 Å². The summed E-state index contributed by atoms with van der Waals surface area (Å²) in [5.74, 6) is 0.263. The summed E-state index contributed by atoms with van der Waals surface area (Å²) in [7, 11) is -3.22. The second kappa shape index (κ2) is 9.04. The number of aliphatic hydroxyl groups is 1. The minimum Gasteiger partial charge on any atom is -0.435 e. The van der Waals surface area contributed by atoms with Crippen molar-refractivity contribution >= 4 is 26.8 Å². The van der Waals surface area contributed by atoms with Crippen molar-refractivity contribution in [2.75, 3.05) is 11.5 Å². The number of sulfone groups is 1. The van der Waals surface area contributed by atoms with Crippen LogP contribution in [0.15, 0.2) is 30.5 Å². The summed E-state index contributed by atoms with van der Waals surface area (Å²) < 4.78 is 69.1. The number of nitrogens with one attached hydrogen (secondary N) is 1. The molecule has 0 unspecified atom stereocenters. The normalized spacial score (nSPS) is 17.2. The molecule has 0 bridgehead atoms. The number of alkyl halides is 2. The number of rotatable bonds is 7. The Labute approximate surface area is 210 Å². The minimum absolute atomic E-state index is 0.0347. The Morgan fingerprint density at radius 1 is 1.32 bits per heavy atom. The molecule has 1 atom stereocenters. The van der Waals surface area contributed by atoms with Crippen LogP contribution < -0.4 is 10.1 Å². The standard InChI is InChI=1S/C24H23F3N4O5S/c1-5-18(23(2,3)33)31-17-8-13(21(32)29-24(4)11-37(34,35)12-24)10-28-20(17)19(30-31)15-9-14(36-22(26)27)6-7-16(15)25/h1,6-10,18,22,33H,11-12H2,2-4H3,(H,29,32)/t18-/m0/s1. The van der Waals surface area contributed by atoms with Crippen molar-refractivity contribution in [3.63, 3.8) is 0 Å². The average Bonchev–Trinajstić information content (AvgIpc) is 3.11. The van der Waals surface area contributed by atoms with Gasteiger partial charge in [0.05, 0.1) is 33.7 Å². The van der Waals surface area contributed by atoms with Crippen molar-refractivity contribution in [1.29, 1.82) is 0 Å². The third-order valence-electron chi connectivity index (χ3n) is 5.79. The van der Waals surface area contributed by atoms with Crippen molar-refractivity contribution in [1.82, 2.24) is 20.1 Å². The van der Waals surface area contributed by atoms with Gasteiger partial charge in [-0.1, -0.05) is 5.92 Å². The molecule has 1 saturated heterocycles. The third-order valence-corrected chi connectivity index (χ3v) is 7.94. The molecular formula is C24H23F3N4O5S. The topological polar surface area (TPSA) is 123 Å². The maximum Gasteiger partial charge on any atom is 0.387 e. The number of amides is 1. The first kappa shape index (κ1) is 26.4. The lowest BCUT2D eigenvalue weighted by molar-refractivity contribution is -0.0498. The van der Waals surface area contributed by atoms with E-state index in [0.29, 0.717) is 0 Å². The van der Waals surface area contributed by atoms with E-state index < -0.39 is 45.4 Å². The van der Waals surface area contributed by atoms with Gasteiger partial charge >= 0.3 is 6.61 Å². The Balaban J connectivity index is 1.85. The second-order valence-corrected chi connectivity index (χ2v) is 11.7. The van der Waals surface area contributed by atoms with Gasteiger partial charge in [-0.05, 0) is 45.0 Å². The number of hydrogen-bond donors (Lipinski definition) is 2. The second-order valence-electron chi connectivity index (χ2n) is 9.67. The molecule has 1 fully saturated rings. The molecule has 1 aromatic carbocycles. The quantitative estimate of drug-likeness (QED) is 0.445. The smallest absolute Gasteiger partial charge is 0.387 e. The number of benzene rings is 1. The molecule has 0 aliphatic carbocycles. The number of aromatic nitrogens is 3. The number of pyridine rings is 1. The van der Waals surface area contributed by atoms with Gasteiger partial charge in [0.1, 0.15) is 28.8 Å². The number of ether oxygens (including phenoxy) is 1. The van der Waals surface area contributed by atoms with Crippen molar-refractivity contribution in [2.24, 2.45) is 0 Å². The van der Waals surface area contributed by atoms with E-state index in [1.807, 2.05) is 0 Å². The average molecular weight is 537 g/mol. The molecule has 1 aliphatic heterocycles. The lowest BCUT2D eigenvalue weighted by atomic mass is 10.00. The molecule has 0 spiro atoms. The van der Waals surface area contributed by atoms with E-state index in [1.165, 1.54) is 30.8 Å². The zero-order chi connectivity index (χ0) is 27.3. The van der Waals surface area contributed by atoms with E-state index in [2.05, 4.69) is 26.1 Å². The number of terminal acetylenes is 1. The molecule has 0 radical (unpaired) electrons. The number of fused-ring (bicyclic) bond motifs is 1. The van der Waals surface area contributed by atoms with Crippen LogP contribution in [0.3, 0.4) is 0 Å². The van der Waals surface area contributed by atoms with Crippen molar-refractivity contribution < 1.29 is 36.2 Å². The molecule has 9 nitrogen and oxygen atoms in total. The highest BCUT2D eigenvalue weighted by Gasteiger charge is 2.46. The lowest BCUT2D eigenvalue weighted by Crippen LogP contribution is -2.63. The van der Waals surface area contributed by atoms with Crippen LogP contribution >= 0.6 is 0 Å². The number of hydrogen-bond acceptors (Lipinski definition) is 7. The zero-order valence-electron chi connectivity index (χ0n) is 20.0. The summed E-state index contributed by atoms with van der Waals surface area (Å²) in [6, 6.07) is 3.27. The van der Waals surface area contributed by atoms with Crippen molar-refractivity contribution in [3.05, 3.63) is 41.8 Å². The maximum absolute atomic E-state index is 14.8. The van der Waals surface area contributed by atoms with Gasteiger partial charge in [0.2, 0.25) is 0 Å². The van der Waals surface area contributed by atoms with Gasteiger partial charge in [-0.2, -0.15) is 13.9 Å². The van der Waals surface area contributed by atoms with Crippen molar-refractivity contribution in [2.45, 2.75) is 44.6 Å². The molecule has 1 amide bonds. The molecular weight excluding hydrogens is 513 g/mol. The van der Waals surface area contributed by atoms with Crippen LogP contribution in [0.1, 0.15) is 37.2 Å². The predicted octanol–water partition coefficient (Wildman–Crippen LogP) is 2.70. The predicted molar refractivity (Wildman–Crippen MR) is 128 cm³/mol. The summed E-state index contributed by atoms with van der Waals surface area (Å²) in [6.45, 7) is 1.33. The van der Waals surface area contributed by atoms with E-state index in [0.717, 1.165) is 18.2 Å². The third kappa shape index (κ3) is 5.26. The van der Waals surface area contributed by atoms with Crippen molar-refractivity contribution in [3.8, 4) is 29.4 Å². The first-order chi connectivity index (χ1) is 17.1. The Morgan fingerprint density at radius 2 is 2.00 bits per heavy atom. The van der Waals surface area contributed by atoms with Crippen LogP contribution in [0.5, 0.6) is 5.75 Å². The van der Waals surface area contributed by atoms with Crippen LogP contribution in [0.2, 0.25) is 0 Å². The van der Waals surface area contributed by atoms with Gasteiger partial charge in [0.15, 0.2) is 9.84 Å². The van der Waals surface area contributed by atoms with Crippen LogP contribution in [0.25, 0.3) is 22.3 Å². The van der Waals surface area contributed by atoms with Gasteiger partial charge in [-0.15, -0.1) is 6.42 Å². The first-order valence-electron chi connectivity index (χ1n) is 11.0. The Kier molecular flexibility index (Phi) is 6.46. The molecule has 196 valence electrons. The van der Waals surface area contributed by atoms with Crippen LogP contribution in [0, 0.1) is 18.2 Å². The summed E-state index contributed by atoms with van der Waals surface area (Å²) >= 11 is 0. The molecule has 13 heteroatoms. The molecule has 2 aromatic heterocycles. The summed E-state index contributed by atoms with van der Waals surface area (Å²) in [5.41, 5.74) is -2.50. The number of halogens is 3. The van der Waals surface area contributed by atoms with E-state index in [4.69, 9.17) is 6.42 Å². The Bertz CT molecular complexity index is 1530. The Hall–Kier alpha value is -3.63. The zero-order valence-corrected chi connectivity index (χ0v) is 20.8. The number of carbonyl (C=O) groups is 1. The largest absolute Gasteiger partial charge is 0.435 e. The molecule has 0 saturated carbocycles. The number of carbonyl (C=O) groups excluding carboxylic acids is 1. The van der Waals surface area contributed by atoms with Gasteiger partial charge < -0.3 is 15.2 Å². The minimum atomic E-state index is -3.22. The Morgan fingerprint density at radius 3 is 2.57 bits per heavy atom. The van der Waals surface area contributed by atoms with Crippen LogP contribution in [-0.2, 0) is 9.84 Å². The monoisotopic (exact) mass is 536 g/mol. The van der Waals surface area contributed by atoms with Gasteiger partial charge in [-0.25, -0.2) is 17.5 Å². The first-order valence-corrected chi connectivity index (χ1v) is 12.8. The molecule has 1 aliphatic rings. The van der Waals surface area contributed by atoms with Gasteiger partial charge in [0, 0.05) is 11.8 Å². The van der Waals surface area contributed by atoms with E-state index >= 15 is 0 Å². The molecule has 37 heavy (non-hydrogen) atoms. The highest BCUT2D eigenvalue weighted by molar-refractivity contribution is 7.93. The highest BCUT2D eigenvalue weighted by atomic mass is 32.2. The number of nitrogens with zero attached hydrogens (tertiary/aromatic N) is 3. The fourth-order valence-electron chi connectivity index (χ4n) is 4.30. The fourth-order valence-corrected chi connectivity index (χ4v) is 6.31. The molecule has 3 aromatic rings. The molecule has 2 N–H and O–H groups in total. The fraction of sp³-hybridized carbons (Fsp3) is 0.375. The lowest BCUT2D eigenvalue weighted by Gasteiger charge is -2.38. The van der Waals surface area contributed by atoms with E-state index in [9.17, 15) is 31.5 Å². The summed E-state index contributed by atoms with van der Waals surface area (Å²) in [6.07, 6.45) is 6.86. The summed E-state index contributed by atoms with van der Waals surface area (Å²) in [4.78, 5) is 17.2. The molecule has 3 heterocycles. The maximum atomic E-state index is 14.8. The van der Waals surface area contributed by atoms with Crippen LogP contribution in [0.4, 0.5) is 13.2 Å². The highest BCUT2D eigenvalue weighted by Crippen LogP contribution is 2.35. The van der Waals surface area contributed by atoms with Crippen LogP contribution in [-0.4, -0.2) is 63.5 Å². The van der Waals surface area contributed by atoms with Gasteiger partial charge in [0.25, 0.3) is 5.91 Å². The SMILES string of the molecule is C#C[C@H](n1nc(-c2cc(OC(F)F)ccc2F)c2ncc(C(=O)NC3(C)CS(=O)(=O)C3)cc21)C(C)(C)O. The van der Waals surface area contributed by atoms with E-state index in [-0.39, 0.29) is 45.1 Å². The molecule has 4 rings (SSSR count). The van der Waals surface area contributed by atoms with Gasteiger partial charge in [-0.3, -0.25) is 9.78 Å².